The molecule has 28 heavy (non-hydrogen) atoms. The molecule has 0 saturated heterocycles. The lowest BCUT2D eigenvalue weighted by Crippen LogP contribution is -2.40. The van der Waals surface area contributed by atoms with Crippen molar-refractivity contribution in [3.8, 4) is 0 Å². The minimum atomic E-state index is -2.04. The average molecular weight is 378 g/mol. The average Bonchev–Trinajstić information content (AvgIpc) is 3.26. The van der Waals surface area contributed by atoms with E-state index in [9.17, 15) is 0 Å². The van der Waals surface area contributed by atoms with Crippen LogP contribution in [0.25, 0.3) is 0 Å². The van der Waals surface area contributed by atoms with E-state index in [-0.39, 0.29) is 0 Å². The van der Waals surface area contributed by atoms with E-state index < -0.39 is 7.26 Å². The first-order chi connectivity index (χ1) is 13.9. The maximum atomic E-state index is 4.60. The molecule has 0 amide bonds. The second-order valence-electron chi connectivity index (χ2n) is 7.00. The van der Waals surface area contributed by atoms with E-state index in [0.29, 0.717) is 0 Å². The third-order valence-electron chi connectivity index (χ3n) is 5.45. The SMILES string of the molecule is C1=NCc2cccc([P+](c3ccccc3)(c3ccccc3)c3ccccc3)c21. The summed E-state index contributed by atoms with van der Waals surface area (Å²) in [5, 5.41) is 5.53. The van der Waals surface area contributed by atoms with Gasteiger partial charge < -0.3 is 0 Å². The van der Waals surface area contributed by atoms with Gasteiger partial charge in [-0.15, -0.1) is 0 Å². The fourth-order valence-electron chi connectivity index (χ4n) is 4.23. The van der Waals surface area contributed by atoms with Crippen LogP contribution in [-0.2, 0) is 6.54 Å². The maximum Gasteiger partial charge on any atom is 0.145 e. The zero-order chi connectivity index (χ0) is 18.8. The highest BCUT2D eigenvalue weighted by molar-refractivity contribution is 8.01. The van der Waals surface area contributed by atoms with Gasteiger partial charge in [-0.1, -0.05) is 66.7 Å². The summed E-state index contributed by atoms with van der Waals surface area (Å²) >= 11 is 0. The molecule has 0 radical (unpaired) electrons. The quantitative estimate of drug-likeness (QED) is 0.471. The van der Waals surface area contributed by atoms with E-state index >= 15 is 0 Å². The van der Waals surface area contributed by atoms with Crippen LogP contribution >= 0.6 is 7.26 Å². The summed E-state index contributed by atoms with van der Waals surface area (Å²) < 4.78 is 0. The Morgan fingerprint density at radius 1 is 0.536 bits per heavy atom. The molecule has 0 bridgehead atoms. The van der Waals surface area contributed by atoms with Crippen LogP contribution in [0.1, 0.15) is 11.1 Å². The molecule has 1 aliphatic heterocycles. The number of aliphatic imine (C=N–C) groups is 1. The van der Waals surface area contributed by atoms with Gasteiger partial charge in [-0.25, -0.2) is 0 Å². The first-order valence-electron chi connectivity index (χ1n) is 9.59. The number of nitrogens with zero attached hydrogens (tertiary/aromatic N) is 1. The molecule has 0 atom stereocenters. The normalized spacial score (nSPS) is 12.7. The van der Waals surface area contributed by atoms with Crippen molar-refractivity contribution in [1.29, 1.82) is 0 Å². The van der Waals surface area contributed by atoms with Gasteiger partial charge in [0.05, 0.1) is 6.54 Å². The molecule has 134 valence electrons. The van der Waals surface area contributed by atoms with E-state index in [2.05, 4.69) is 120 Å². The maximum absolute atomic E-state index is 4.60. The number of hydrogen-bond acceptors (Lipinski definition) is 1. The lowest BCUT2D eigenvalue weighted by Gasteiger charge is -2.28. The molecule has 1 nitrogen and oxygen atoms in total. The molecule has 0 spiro atoms. The summed E-state index contributed by atoms with van der Waals surface area (Å²) in [4.78, 5) is 4.60. The van der Waals surface area contributed by atoms with Crippen LogP contribution in [0.15, 0.2) is 114 Å². The van der Waals surface area contributed by atoms with Gasteiger partial charge in [0, 0.05) is 11.8 Å². The Morgan fingerprint density at radius 3 is 1.54 bits per heavy atom. The van der Waals surface area contributed by atoms with Crippen molar-refractivity contribution in [3.63, 3.8) is 0 Å². The highest BCUT2D eigenvalue weighted by Gasteiger charge is 2.49. The first-order valence-corrected chi connectivity index (χ1v) is 11.4. The summed E-state index contributed by atoms with van der Waals surface area (Å²) in [6, 6.07) is 39.7. The van der Waals surface area contributed by atoms with Crippen molar-refractivity contribution in [3.05, 3.63) is 120 Å². The number of benzene rings is 4. The zero-order valence-corrected chi connectivity index (χ0v) is 16.5. The minimum absolute atomic E-state index is 0.779. The van der Waals surface area contributed by atoms with Crippen LogP contribution in [0.4, 0.5) is 0 Å². The topological polar surface area (TPSA) is 12.4 Å². The van der Waals surface area contributed by atoms with Gasteiger partial charge in [0.15, 0.2) is 0 Å². The van der Waals surface area contributed by atoms with Crippen molar-refractivity contribution in [2.24, 2.45) is 4.99 Å². The smallest absolute Gasteiger partial charge is 0.145 e. The molecule has 5 rings (SSSR count). The molecular weight excluding hydrogens is 357 g/mol. The molecule has 0 aromatic heterocycles. The molecule has 4 aromatic carbocycles. The number of hydrogen-bond donors (Lipinski definition) is 0. The first kappa shape index (κ1) is 17.1. The molecule has 4 aromatic rings. The van der Waals surface area contributed by atoms with Gasteiger partial charge in [-0.2, -0.15) is 0 Å². The van der Waals surface area contributed by atoms with Crippen molar-refractivity contribution < 1.29 is 0 Å². The largest absolute Gasteiger partial charge is 0.288 e. The van der Waals surface area contributed by atoms with Gasteiger partial charge in [-0.05, 0) is 48.0 Å². The van der Waals surface area contributed by atoms with Crippen LogP contribution in [0.3, 0.4) is 0 Å². The van der Waals surface area contributed by atoms with E-state index in [4.69, 9.17) is 0 Å². The Bertz CT molecular complexity index is 1020. The van der Waals surface area contributed by atoms with Crippen LogP contribution in [0, 0.1) is 0 Å². The van der Waals surface area contributed by atoms with Gasteiger partial charge in [-0.3, -0.25) is 4.99 Å². The number of fused-ring (bicyclic) bond motifs is 1. The lowest BCUT2D eigenvalue weighted by molar-refractivity contribution is 1.11. The second-order valence-corrected chi connectivity index (χ2v) is 10.4. The summed E-state index contributed by atoms with van der Waals surface area (Å²) in [6.45, 7) is 0.779. The van der Waals surface area contributed by atoms with Crippen molar-refractivity contribution >= 4 is 34.7 Å². The van der Waals surface area contributed by atoms with E-state index in [1.54, 1.807) is 0 Å². The van der Waals surface area contributed by atoms with Gasteiger partial charge in [0.1, 0.15) is 28.5 Å². The lowest BCUT2D eigenvalue weighted by atomic mass is 10.1. The molecule has 0 aliphatic carbocycles. The molecule has 0 saturated carbocycles. The fraction of sp³-hybridized carbons (Fsp3) is 0.0385. The third kappa shape index (κ3) is 2.63. The molecule has 2 heteroatoms. The van der Waals surface area contributed by atoms with Gasteiger partial charge >= 0.3 is 0 Å². The monoisotopic (exact) mass is 378 g/mol. The standard InChI is InChI=1S/C26H21NP/c1-4-12-22(13-5-1)28(23-14-6-2-7-15-23,24-16-8-3-9-17-24)26-18-10-11-21-19-27-20-25(21)26/h1-18,20H,19H2/q+1. The predicted octanol–water partition coefficient (Wildman–Crippen LogP) is 4.24. The Labute approximate surface area is 166 Å². The molecule has 1 aliphatic rings. The van der Waals surface area contributed by atoms with Crippen molar-refractivity contribution in [1.82, 2.24) is 0 Å². The van der Waals surface area contributed by atoms with E-state index in [0.717, 1.165) is 6.54 Å². The molecule has 1 heterocycles. The predicted molar refractivity (Wildman–Crippen MR) is 123 cm³/mol. The highest BCUT2D eigenvalue weighted by atomic mass is 31.2. The molecule has 0 unspecified atom stereocenters. The highest BCUT2D eigenvalue weighted by Crippen LogP contribution is 2.55. The van der Waals surface area contributed by atoms with E-state index in [1.807, 2.05) is 0 Å². The minimum Gasteiger partial charge on any atom is -0.288 e. The van der Waals surface area contributed by atoms with Crippen molar-refractivity contribution in [2.75, 3.05) is 0 Å². The van der Waals surface area contributed by atoms with Gasteiger partial charge in [0.25, 0.3) is 0 Å². The van der Waals surface area contributed by atoms with Crippen molar-refractivity contribution in [2.45, 2.75) is 6.54 Å². The van der Waals surface area contributed by atoms with Gasteiger partial charge in [0.2, 0.25) is 0 Å². The Kier molecular flexibility index (Phi) is 4.39. The second kappa shape index (κ2) is 7.19. The Morgan fingerprint density at radius 2 is 1.04 bits per heavy atom. The van der Waals surface area contributed by atoms with Crippen LogP contribution in [0.5, 0.6) is 0 Å². The number of rotatable bonds is 4. The van der Waals surface area contributed by atoms with E-state index in [1.165, 1.54) is 32.3 Å². The summed E-state index contributed by atoms with van der Waals surface area (Å²) in [6.07, 6.45) is 2.08. The molecule has 0 fully saturated rings. The summed E-state index contributed by atoms with van der Waals surface area (Å²) in [7, 11) is -2.04. The fourth-order valence-corrected chi connectivity index (χ4v) is 8.69. The molecular formula is C26H21NP+. The summed E-state index contributed by atoms with van der Waals surface area (Å²) in [5.41, 5.74) is 2.62. The summed E-state index contributed by atoms with van der Waals surface area (Å²) in [5.74, 6) is 0. The van der Waals surface area contributed by atoms with Crippen LogP contribution in [0.2, 0.25) is 0 Å². The third-order valence-corrected chi connectivity index (χ3v) is 9.78. The Balaban J connectivity index is 1.95. The zero-order valence-electron chi connectivity index (χ0n) is 15.6. The molecule has 0 N–H and O–H groups in total. The Hall–Kier alpha value is -3.02. The van der Waals surface area contributed by atoms with Crippen LogP contribution < -0.4 is 21.2 Å². The van der Waals surface area contributed by atoms with Crippen LogP contribution in [-0.4, -0.2) is 6.21 Å².